The van der Waals surface area contributed by atoms with Crippen LogP contribution in [0.3, 0.4) is 0 Å². The molecule has 4 rings (SSSR count). The molecular formula is C20H23N3O4. The van der Waals surface area contributed by atoms with E-state index in [1.807, 2.05) is 24.3 Å². The van der Waals surface area contributed by atoms with Crippen molar-refractivity contribution in [3.05, 3.63) is 41.5 Å². The monoisotopic (exact) mass is 369 g/mol. The predicted octanol–water partition coefficient (Wildman–Crippen LogP) is 1.25. The summed E-state index contributed by atoms with van der Waals surface area (Å²) in [6.07, 6.45) is 0. The molecule has 2 N–H and O–H groups in total. The van der Waals surface area contributed by atoms with E-state index in [9.17, 15) is 9.59 Å². The van der Waals surface area contributed by atoms with Crippen molar-refractivity contribution in [1.29, 1.82) is 0 Å². The average molecular weight is 369 g/mol. The van der Waals surface area contributed by atoms with E-state index >= 15 is 0 Å². The van der Waals surface area contributed by atoms with Gasteiger partial charge in [0.15, 0.2) is 0 Å². The fourth-order valence-electron chi connectivity index (χ4n) is 3.76. The second-order valence-corrected chi connectivity index (χ2v) is 6.62. The van der Waals surface area contributed by atoms with Gasteiger partial charge in [-0.05, 0) is 18.2 Å². The van der Waals surface area contributed by atoms with E-state index in [1.54, 1.807) is 6.07 Å². The van der Waals surface area contributed by atoms with Crippen LogP contribution in [0.2, 0.25) is 0 Å². The molecule has 0 spiro atoms. The van der Waals surface area contributed by atoms with E-state index in [0.29, 0.717) is 37.5 Å². The first kappa shape index (κ1) is 17.9. The molecule has 1 saturated heterocycles. The van der Waals surface area contributed by atoms with Crippen LogP contribution in [0.1, 0.15) is 20.7 Å². The van der Waals surface area contributed by atoms with Gasteiger partial charge in [-0.15, -0.1) is 0 Å². The number of imide groups is 1. The third kappa shape index (κ3) is 3.18. The molecule has 0 aliphatic carbocycles. The molecule has 2 amide bonds. The number of morpholine rings is 1. The Balaban J connectivity index is 1.71. The van der Waals surface area contributed by atoms with Crippen molar-refractivity contribution in [2.24, 2.45) is 5.73 Å². The number of nitrogens with two attached hydrogens (primary N) is 1. The lowest BCUT2D eigenvalue weighted by Gasteiger charge is -2.32. The lowest BCUT2D eigenvalue weighted by atomic mass is 9.92. The second-order valence-electron chi connectivity index (χ2n) is 6.62. The van der Waals surface area contributed by atoms with Gasteiger partial charge >= 0.3 is 0 Å². The number of ether oxygens (including phenoxy) is 2. The maximum Gasteiger partial charge on any atom is 0.261 e. The normalized spacial score (nSPS) is 17.1. The molecular weight excluding hydrogens is 346 g/mol. The van der Waals surface area contributed by atoms with Gasteiger partial charge in [0.25, 0.3) is 11.8 Å². The van der Waals surface area contributed by atoms with Gasteiger partial charge in [0.2, 0.25) is 0 Å². The zero-order valence-corrected chi connectivity index (χ0v) is 15.1. The molecule has 0 aromatic heterocycles. The highest BCUT2D eigenvalue weighted by Gasteiger charge is 2.33. The Labute approximate surface area is 157 Å². The summed E-state index contributed by atoms with van der Waals surface area (Å²) < 4.78 is 10.8. The molecule has 0 saturated carbocycles. The number of amides is 2. The molecule has 2 aliphatic rings. The number of carbonyl (C=O) groups excluding carboxylic acids is 2. The standard InChI is InChI=1S/C20H23N3O4/c21-6-10-26-13-9-23-19(24)15-3-1-2-14-17(22-7-11-27-12-8-22)5-4-16(18(14)15)20(23)25/h1-5H,6-13,21H2. The van der Waals surface area contributed by atoms with Crippen LogP contribution in [0.25, 0.3) is 10.8 Å². The number of nitrogens with zero attached hydrogens (tertiary/aromatic N) is 2. The smallest absolute Gasteiger partial charge is 0.261 e. The maximum absolute atomic E-state index is 13.0. The summed E-state index contributed by atoms with van der Waals surface area (Å²) in [5, 5.41) is 1.68. The van der Waals surface area contributed by atoms with Gasteiger partial charge in [-0.1, -0.05) is 12.1 Å². The number of anilines is 1. The van der Waals surface area contributed by atoms with E-state index in [4.69, 9.17) is 15.2 Å². The number of carbonyl (C=O) groups is 2. The summed E-state index contributed by atoms with van der Waals surface area (Å²) in [5.41, 5.74) is 7.58. The van der Waals surface area contributed by atoms with Crippen molar-refractivity contribution in [2.75, 3.05) is 57.5 Å². The molecule has 1 fully saturated rings. The summed E-state index contributed by atoms with van der Waals surface area (Å²) in [6.45, 7) is 4.27. The molecule has 2 aromatic rings. The number of benzene rings is 2. The highest BCUT2D eigenvalue weighted by molar-refractivity contribution is 6.26. The molecule has 0 unspecified atom stereocenters. The van der Waals surface area contributed by atoms with Gasteiger partial charge in [0, 0.05) is 47.2 Å². The molecule has 2 aliphatic heterocycles. The van der Waals surface area contributed by atoms with Gasteiger partial charge in [-0.25, -0.2) is 0 Å². The van der Waals surface area contributed by atoms with Crippen LogP contribution in [0.5, 0.6) is 0 Å². The van der Waals surface area contributed by atoms with Gasteiger partial charge in [-0.2, -0.15) is 0 Å². The minimum Gasteiger partial charge on any atom is -0.378 e. The lowest BCUT2D eigenvalue weighted by Crippen LogP contribution is -2.42. The molecule has 2 aromatic carbocycles. The van der Waals surface area contributed by atoms with E-state index in [1.165, 1.54) is 4.90 Å². The van der Waals surface area contributed by atoms with E-state index in [0.717, 1.165) is 29.5 Å². The largest absolute Gasteiger partial charge is 0.378 e. The molecule has 0 radical (unpaired) electrons. The van der Waals surface area contributed by atoms with Gasteiger partial charge in [0.1, 0.15) is 0 Å². The van der Waals surface area contributed by atoms with Crippen LogP contribution in [0.15, 0.2) is 30.3 Å². The predicted molar refractivity (Wildman–Crippen MR) is 102 cm³/mol. The lowest BCUT2D eigenvalue weighted by molar-refractivity contribution is 0.0528. The first-order valence-electron chi connectivity index (χ1n) is 9.25. The van der Waals surface area contributed by atoms with Crippen molar-refractivity contribution in [2.45, 2.75) is 0 Å². The minimum atomic E-state index is -0.270. The van der Waals surface area contributed by atoms with Crippen molar-refractivity contribution in [3.63, 3.8) is 0 Å². The summed E-state index contributed by atoms with van der Waals surface area (Å²) >= 11 is 0. The van der Waals surface area contributed by atoms with Crippen LogP contribution in [-0.2, 0) is 9.47 Å². The summed E-state index contributed by atoms with van der Waals surface area (Å²) in [5.74, 6) is -0.540. The molecule has 0 atom stereocenters. The van der Waals surface area contributed by atoms with Gasteiger partial charge < -0.3 is 20.1 Å². The summed E-state index contributed by atoms with van der Waals surface area (Å²) in [7, 11) is 0. The third-order valence-corrected chi connectivity index (χ3v) is 5.04. The Bertz CT molecular complexity index is 855. The molecule has 0 bridgehead atoms. The zero-order chi connectivity index (χ0) is 18.8. The first-order chi connectivity index (χ1) is 13.2. The highest BCUT2D eigenvalue weighted by atomic mass is 16.5. The van der Waals surface area contributed by atoms with Crippen LogP contribution >= 0.6 is 0 Å². The molecule has 2 heterocycles. The van der Waals surface area contributed by atoms with E-state index in [-0.39, 0.29) is 25.0 Å². The zero-order valence-electron chi connectivity index (χ0n) is 15.1. The maximum atomic E-state index is 13.0. The SMILES string of the molecule is NCCOCCN1C(=O)c2cccc3c(N4CCOCC4)ccc(c23)C1=O. The van der Waals surface area contributed by atoms with Crippen LogP contribution in [0, 0.1) is 0 Å². The molecule has 7 nitrogen and oxygen atoms in total. The fourth-order valence-corrected chi connectivity index (χ4v) is 3.76. The van der Waals surface area contributed by atoms with Crippen molar-refractivity contribution >= 4 is 28.3 Å². The van der Waals surface area contributed by atoms with Crippen LogP contribution in [-0.4, -0.2) is 69.3 Å². The third-order valence-electron chi connectivity index (χ3n) is 5.04. The van der Waals surface area contributed by atoms with Crippen molar-refractivity contribution in [1.82, 2.24) is 4.90 Å². The minimum absolute atomic E-state index is 0.221. The Kier molecular flexibility index (Phi) is 5.07. The van der Waals surface area contributed by atoms with E-state index < -0.39 is 0 Å². The quantitative estimate of drug-likeness (QED) is 0.609. The molecule has 142 valence electrons. The van der Waals surface area contributed by atoms with Crippen LogP contribution < -0.4 is 10.6 Å². The summed E-state index contributed by atoms with van der Waals surface area (Å²) in [4.78, 5) is 29.4. The molecule has 27 heavy (non-hydrogen) atoms. The topological polar surface area (TPSA) is 85.1 Å². The van der Waals surface area contributed by atoms with Crippen molar-refractivity contribution < 1.29 is 19.1 Å². The molecule has 7 heteroatoms. The highest BCUT2D eigenvalue weighted by Crippen LogP contribution is 2.36. The first-order valence-corrected chi connectivity index (χ1v) is 9.25. The Morgan fingerprint density at radius 2 is 1.74 bits per heavy atom. The summed E-state index contributed by atoms with van der Waals surface area (Å²) in [6, 6.07) is 9.45. The van der Waals surface area contributed by atoms with Crippen molar-refractivity contribution in [3.8, 4) is 0 Å². The number of hydrogen-bond donors (Lipinski definition) is 1. The number of rotatable bonds is 6. The van der Waals surface area contributed by atoms with Gasteiger partial charge in [-0.3, -0.25) is 14.5 Å². The fraction of sp³-hybridized carbons (Fsp3) is 0.400. The average Bonchev–Trinajstić information content (AvgIpc) is 2.71. The van der Waals surface area contributed by atoms with Crippen LogP contribution in [0.4, 0.5) is 5.69 Å². The Morgan fingerprint density at radius 1 is 1.00 bits per heavy atom. The van der Waals surface area contributed by atoms with E-state index in [2.05, 4.69) is 4.90 Å². The van der Waals surface area contributed by atoms with Gasteiger partial charge in [0.05, 0.1) is 33.0 Å². The Morgan fingerprint density at radius 3 is 2.48 bits per heavy atom. The number of hydrogen-bond acceptors (Lipinski definition) is 6. The second kappa shape index (κ2) is 7.64. The Hall–Kier alpha value is -2.48.